The monoisotopic (exact) mass is 303 g/mol. The maximum atomic E-state index is 13.7. The topological polar surface area (TPSA) is 39.1 Å². The van der Waals surface area contributed by atoms with Gasteiger partial charge >= 0.3 is 0 Å². The van der Waals surface area contributed by atoms with E-state index in [1.165, 1.54) is 24.4 Å². The number of fused-ring (bicyclic) bond motifs is 1. The fourth-order valence-corrected chi connectivity index (χ4v) is 3.16. The number of aryl methyl sites for hydroxylation is 1. The van der Waals surface area contributed by atoms with Gasteiger partial charge in [0.1, 0.15) is 0 Å². The molecular formula is C17H22FN3O. The minimum absolute atomic E-state index is 0.285. The smallest absolute Gasteiger partial charge is 0.165 e. The molecule has 0 saturated carbocycles. The summed E-state index contributed by atoms with van der Waals surface area (Å²) in [7, 11) is 1.48. The summed E-state index contributed by atoms with van der Waals surface area (Å²) in [5.41, 5.74) is 3.56. The average Bonchev–Trinajstić information content (AvgIpc) is 2.96. The highest BCUT2D eigenvalue weighted by Crippen LogP contribution is 2.30. The van der Waals surface area contributed by atoms with Gasteiger partial charge in [0.15, 0.2) is 11.6 Å². The first-order valence-corrected chi connectivity index (χ1v) is 7.83. The average molecular weight is 303 g/mol. The molecule has 3 rings (SSSR count). The minimum atomic E-state index is -0.315. The maximum Gasteiger partial charge on any atom is 0.165 e. The Morgan fingerprint density at radius 1 is 1.45 bits per heavy atom. The van der Waals surface area contributed by atoms with Crippen molar-refractivity contribution in [2.24, 2.45) is 0 Å². The largest absolute Gasteiger partial charge is 0.494 e. The molecule has 1 N–H and O–H groups in total. The Labute approximate surface area is 130 Å². The summed E-state index contributed by atoms with van der Waals surface area (Å²) in [6.45, 7) is 3.67. The van der Waals surface area contributed by atoms with Gasteiger partial charge in [-0.1, -0.05) is 6.07 Å². The SMILES string of the molecule is CCn1ncc2c1CCC[C@H]2NCc1ccc(OC)c(F)c1. The van der Waals surface area contributed by atoms with E-state index in [9.17, 15) is 4.39 Å². The number of aromatic nitrogens is 2. The highest BCUT2D eigenvalue weighted by atomic mass is 19.1. The number of benzene rings is 1. The lowest BCUT2D eigenvalue weighted by Gasteiger charge is -2.24. The van der Waals surface area contributed by atoms with Crippen molar-refractivity contribution >= 4 is 0 Å². The molecule has 118 valence electrons. The molecule has 4 nitrogen and oxygen atoms in total. The highest BCUT2D eigenvalue weighted by Gasteiger charge is 2.23. The van der Waals surface area contributed by atoms with E-state index in [0.29, 0.717) is 12.6 Å². The number of hydrogen-bond acceptors (Lipinski definition) is 3. The van der Waals surface area contributed by atoms with Gasteiger partial charge in [-0.05, 0) is 43.9 Å². The van der Waals surface area contributed by atoms with Crippen molar-refractivity contribution in [1.29, 1.82) is 0 Å². The van der Waals surface area contributed by atoms with Gasteiger partial charge in [-0.2, -0.15) is 5.10 Å². The van der Waals surface area contributed by atoms with Crippen molar-refractivity contribution in [2.75, 3.05) is 7.11 Å². The molecule has 0 spiro atoms. The second-order valence-electron chi connectivity index (χ2n) is 5.66. The Hall–Kier alpha value is -1.88. The van der Waals surface area contributed by atoms with Crippen LogP contribution in [-0.2, 0) is 19.5 Å². The molecule has 0 saturated heterocycles. The number of nitrogens with zero attached hydrogens (tertiary/aromatic N) is 2. The summed E-state index contributed by atoms with van der Waals surface area (Å²) in [6.07, 6.45) is 5.33. The van der Waals surface area contributed by atoms with Crippen molar-refractivity contribution in [3.63, 3.8) is 0 Å². The lowest BCUT2D eigenvalue weighted by atomic mass is 9.93. The van der Waals surface area contributed by atoms with E-state index in [-0.39, 0.29) is 11.6 Å². The number of hydrogen-bond donors (Lipinski definition) is 1. The zero-order valence-electron chi connectivity index (χ0n) is 13.1. The van der Waals surface area contributed by atoms with Crippen LogP contribution in [0.4, 0.5) is 4.39 Å². The number of methoxy groups -OCH3 is 1. The van der Waals surface area contributed by atoms with Gasteiger partial charge in [0, 0.05) is 30.4 Å². The summed E-state index contributed by atoms with van der Waals surface area (Å²) in [4.78, 5) is 0. The first-order chi connectivity index (χ1) is 10.7. The van der Waals surface area contributed by atoms with Crippen molar-refractivity contribution in [3.05, 3.63) is 47.0 Å². The van der Waals surface area contributed by atoms with Gasteiger partial charge in [-0.3, -0.25) is 4.68 Å². The third-order valence-electron chi connectivity index (χ3n) is 4.33. The Morgan fingerprint density at radius 3 is 3.05 bits per heavy atom. The third kappa shape index (κ3) is 2.86. The number of nitrogens with one attached hydrogen (secondary N) is 1. The summed E-state index contributed by atoms with van der Waals surface area (Å²) in [5, 5.41) is 7.99. The van der Waals surface area contributed by atoms with E-state index < -0.39 is 0 Å². The highest BCUT2D eigenvalue weighted by molar-refractivity contribution is 5.30. The summed E-state index contributed by atoms with van der Waals surface area (Å²) in [6, 6.07) is 5.40. The Bertz CT molecular complexity index is 653. The van der Waals surface area contributed by atoms with Crippen molar-refractivity contribution in [3.8, 4) is 5.75 Å². The van der Waals surface area contributed by atoms with Crippen LogP contribution in [0.15, 0.2) is 24.4 Å². The van der Waals surface area contributed by atoms with Gasteiger partial charge in [0.05, 0.1) is 13.3 Å². The van der Waals surface area contributed by atoms with Crippen LogP contribution in [0.5, 0.6) is 5.75 Å². The van der Waals surface area contributed by atoms with E-state index >= 15 is 0 Å². The predicted octanol–water partition coefficient (Wildman–Crippen LogP) is 3.22. The van der Waals surface area contributed by atoms with Crippen molar-refractivity contribution in [1.82, 2.24) is 15.1 Å². The summed E-state index contributed by atoms with van der Waals surface area (Å²) in [5.74, 6) is -0.0298. The molecule has 1 aliphatic rings. The van der Waals surface area contributed by atoms with Crippen LogP contribution in [0.3, 0.4) is 0 Å². The Kier molecular flexibility index (Phi) is 4.43. The second-order valence-corrected chi connectivity index (χ2v) is 5.66. The standard InChI is InChI=1S/C17H22FN3O/c1-3-21-16-6-4-5-15(13(16)11-20-21)19-10-12-7-8-17(22-2)14(18)9-12/h7-9,11,15,19H,3-6,10H2,1-2H3/t15-/m1/s1. The molecule has 0 radical (unpaired) electrons. The fraction of sp³-hybridized carbons (Fsp3) is 0.471. The van der Waals surface area contributed by atoms with Crippen LogP contribution in [0, 0.1) is 5.82 Å². The molecule has 1 aromatic carbocycles. The zero-order valence-corrected chi connectivity index (χ0v) is 13.1. The molecule has 2 aromatic rings. The maximum absolute atomic E-state index is 13.7. The van der Waals surface area contributed by atoms with E-state index in [1.807, 2.05) is 12.3 Å². The van der Waals surface area contributed by atoms with Crippen LogP contribution in [-0.4, -0.2) is 16.9 Å². The quantitative estimate of drug-likeness (QED) is 0.922. The van der Waals surface area contributed by atoms with Crippen molar-refractivity contribution in [2.45, 2.75) is 45.3 Å². The van der Waals surface area contributed by atoms with Crippen LogP contribution in [0.1, 0.15) is 42.6 Å². The summed E-state index contributed by atoms with van der Waals surface area (Å²) >= 11 is 0. The van der Waals surface area contributed by atoms with Crippen LogP contribution in [0.25, 0.3) is 0 Å². The van der Waals surface area contributed by atoms with E-state index in [2.05, 4.69) is 22.0 Å². The van der Waals surface area contributed by atoms with Gasteiger partial charge in [-0.25, -0.2) is 4.39 Å². The molecule has 0 aliphatic heterocycles. The molecule has 1 heterocycles. The van der Waals surface area contributed by atoms with E-state index in [1.54, 1.807) is 6.07 Å². The van der Waals surface area contributed by atoms with Crippen molar-refractivity contribution < 1.29 is 9.13 Å². The second kappa shape index (κ2) is 6.48. The Balaban J connectivity index is 1.70. The van der Waals surface area contributed by atoms with Crippen LogP contribution < -0.4 is 10.1 Å². The molecule has 0 bridgehead atoms. The number of rotatable bonds is 5. The van der Waals surface area contributed by atoms with Gasteiger partial charge < -0.3 is 10.1 Å². The predicted molar refractivity (Wildman–Crippen MR) is 83.4 cm³/mol. The molecular weight excluding hydrogens is 281 g/mol. The minimum Gasteiger partial charge on any atom is -0.494 e. The van der Waals surface area contributed by atoms with Gasteiger partial charge in [0.25, 0.3) is 0 Å². The fourth-order valence-electron chi connectivity index (χ4n) is 3.16. The third-order valence-corrected chi connectivity index (χ3v) is 4.33. The molecule has 0 amide bonds. The molecule has 1 atom stereocenters. The normalized spacial score (nSPS) is 17.3. The van der Waals surface area contributed by atoms with Gasteiger partial charge in [0.2, 0.25) is 0 Å². The Morgan fingerprint density at radius 2 is 2.32 bits per heavy atom. The number of halogens is 1. The lowest BCUT2D eigenvalue weighted by Crippen LogP contribution is -2.25. The zero-order chi connectivity index (χ0) is 15.5. The van der Waals surface area contributed by atoms with Crippen LogP contribution >= 0.6 is 0 Å². The summed E-state index contributed by atoms with van der Waals surface area (Å²) < 4.78 is 20.8. The van der Waals surface area contributed by atoms with E-state index in [0.717, 1.165) is 31.4 Å². The number of ether oxygens (including phenoxy) is 1. The van der Waals surface area contributed by atoms with Gasteiger partial charge in [-0.15, -0.1) is 0 Å². The lowest BCUT2D eigenvalue weighted by molar-refractivity contribution is 0.385. The molecule has 0 unspecified atom stereocenters. The molecule has 1 aliphatic carbocycles. The molecule has 22 heavy (non-hydrogen) atoms. The van der Waals surface area contributed by atoms with Crippen LogP contribution in [0.2, 0.25) is 0 Å². The van der Waals surface area contributed by atoms with E-state index in [4.69, 9.17) is 4.74 Å². The molecule has 0 fully saturated rings. The first kappa shape index (κ1) is 15.0. The molecule has 1 aromatic heterocycles. The molecule has 5 heteroatoms. The first-order valence-electron chi connectivity index (χ1n) is 7.83.